The molecule has 2 aromatic carbocycles. The van der Waals surface area contributed by atoms with Crippen molar-refractivity contribution in [1.82, 2.24) is 44.6 Å². The van der Waals surface area contributed by atoms with E-state index in [1.54, 1.807) is 12.4 Å². The Labute approximate surface area is 290 Å². The number of nitrogens with zero attached hydrogens (tertiary/aromatic N) is 8. The molecule has 0 spiro atoms. The number of hydrogen-bond acceptors (Lipinski definition) is 12. The molecule has 3 fully saturated rings. The lowest BCUT2D eigenvalue weighted by molar-refractivity contribution is -0.118. The Morgan fingerprint density at radius 1 is 1.00 bits per heavy atom. The molecule has 3 aliphatic rings. The normalized spacial score (nSPS) is 18.8. The quantitative estimate of drug-likeness (QED) is 0.198. The standard InChI is InChI=1S/C34H32FN11O4S/c1-18-2-11-26-24(13-38-43-26)28(18)31-29(35)30-25(12-36-31)33(45-14-21-5-6-22(15-45)39-21)42-34(41-30)50-16-27(47)40-20-7-9-23(10-8-20)51(48,49)46-17-37-32(44-46)19-3-4-19/h2,7-13,17,19,21-22,39H,3-6,14-16H2,1H3,(H,38,43)(H,40,47). The highest BCUT2D eigenvalue weighted by molar-refractivity contribution is 7.89. The molecule has 2 unspecified atom stereocenters. The first-order valence-electron chi connectivity index (χ1n) is 16.7. The van der Waals surface area contributed by atoms with Gasteiger partial charge in [-0.25, -0.2) is 9.37 Å². The van der Waals surface area contributed by atoms with Gasteiger partial charge in [-0.05, 0) is 68.5 Å². The number of benzene rings is 2. The third-order valence-electron chi connectivity index (χ3n) is 9.68. The number of pyridine rings is 1. The summed E-state index contributed by atoms with van der Waals surface area (Å²) in [4.78, 5) is 32.9. The van der Waals surface area contributed by atoms with E-state index in [9.17, 15) is 13.2 Å². The molecule has 3 N–H and O–H groups in total. The third-order valence-corrected chi connectivity index (χ3v) is 11.2. The van der Waals surface area contributed by atoms with Crippen molar-refractivity contribution in [2.45, 2.75) is 55.5 Å². The number of carbonyl (C=O) groups excluding carboxylic acids is 1. The van der Waals surface area contributed by atoms with Gasteiger partial charge in [0.15, 0.2) is 18.2 Å². The minimum absolute atomic E-state index is 0.00229. The van der Waals surface area contributed by atoms with Crippen molar-refractivity contribution in [1.29, 1.82) is 0 Å². The molecule has 1 aliphatic carbocycles. The number of nitrogens with one attached hydrogen (secondary N) is 3. The zero-order chi connectivity index (χ0) is 34.9. The number of amides is 1. The Morgan fingerprint density at radius 3 is 2.55 bits per heavy atom. The first kappa shape index (κ1) is 31.4. The van der Waals surface area contributed by atoms with Crippen LogP contribution in [0, 0.1) is 12.7 Å². The average Bonchev–Trinajstić information content (AvgIpc) is 3.48. The highest BCUT2D eigenvalue weighted by atomic mass is 32.2. The fraction of sp³-hybridized carbons (Fsp3) is 0.324. The second-order valence-electron chi connectivity index (χ2n) is 13.3. The van der Waals surface area contributed by atoms with Crippen molar-refractivity contribution >= 4 is 49.2 Å². The molecule has 260 valence electrons. The lowest BCUT2D eigenvalue weighted by Gasteiger charge is -2.34. The van der Waals surface area contributed by atoms with Gasteiger partial charge in [0, 0.05) is 53.9 Å². The van der Waals surface area contributed by atoms with Crippen LogP contribution in [0.5, 0.6) is 6.01 Å². The second kappa shape index (κ2) is 12.1. The van der Waals surface area contributed by atoms with E-state index in [0.717, 1.165) is 46.2 Å². The van der Waals surface area contributed by atoms with Crippen LogP contribution in [0.4, 0.5) is 15.9 Å². The number of halogens is 1. The molecule has 4 aromatic heterocycles. The summed E-state index contributed by atoms with van der Waals surface area (Å²) in [6, 6.07) is 9.86. The average molecular weight is 710 g/mol. The van der Waals surface area contributed by atoms with Crippen molar-refractivity contribution < 1.29 is 22.3 Å². The number of carbonyl (C=O) groups is 1. The van der Waals surface area contributed by atoms with Crippen LogP contribution in [0.2, 0.25) is 0 Å². The fourth-order valence-corrected chi connectivity index (χ4v) is 8.02. The molecule has 2 atom stereocenters. The summed E-state index contributed by atoms with van der Waals surface area (Å²) < 4.78 is 49.4. The molecule has 2 saturated heterocycles. The number of aromatic amines is 1. The van der Waals surface area contributed by atoms with Gasteiger partial charge in [0.2, 0.25) is 0 Å². The number of aromatic nitrogens is 8. The van der Waals surface area contributed by atoms with E-state index in [2.05, 4.69) is 50.8 Å². The molecule has 51 heavy (non-hydrogen) atoms. The highest BCUT2D eigenvalue weighted by Crippen LogP contribution is 2.38. The Bertz CT molecular complexity index is 2430. The van der Waals surface area contributed by atoms with Crippen LogP contribution in [0.1, 0.15) is 43.0 Å². The van der Waals surface area contributed by atoms with Crippen molar-refractivity contribution in [3.8, 4) is 17.3 Å². The summed E-state index contributed by atoms with van der Waals surface area (Å²) in [6.45, 7) is 2.75. The monoisotopic (exact) mass is 709 g/mol. The van der Waals surface area contributed by atoms with Crippen LogP contribution in [0.3, 0.4) is 0 Å². The molecule has 6 heterocycles. The molecule has 17 heteroatoms. The van der Waals surface area contributed by atoms with Gasteiger partial charge in [0.1, 0.15) is 23.4 Å². The molecule has 15 nitrogen and oxygen atoms in total. The third kappa shape index (κ3) is 5.71. The maximum atomic E-state index is 16.6. The van der Waals surface area contributed by atoms with Crippen molar-refractivity contribution in [2.75, 3.05) is 29.9 Å². The molecule has 6 aromatic rings. The van der Waals surface area contributed by atoms with E-state index in [1.807, 2.05) is 19.1 Å². The SMILES string of the molecule is Cc1ccc2[nH]ncc2c1-c1ncc2c(N3CC4CCC(C3)N4)nc(OCC(=O)Nc3ccc(S(=O)(=O)n4cnc(C5CC5)n4)cc3)nc2c1F. The zero-order valence-corrected chi connectivity index (χ0v) is 28.2. The minimum Gasteiger partial charge on any atom is -0.453 e. The summed E-state index contributed by atoms with van der Waals surface area (Å²) in [6.07, 6.45) is 8.41. The predicted octanol–water partition coefficient (Wildman–Crippen LogP) is 3.68. The number of rotatable bonds is 9. The molecule has 2 bridgehead atoms. The smallest absolute Gasteiger partial charge is 0.319 e. The number of ether oxygens (including phenoxy) is 1. The summed E-state index contributed by atoms with van der Waals surface area (Å²) in [5.41, 5.74) is 2.67. The second-order valence-corrected chi connectivity index (χ2v) is 15.1. The van der Waals surface area contributed by atoms with E-state index >= 15 is 4.39 Å². The summed E-state index contributed by atoms with van der Waals surface area (Å²) >= 11 is 0. The van der Waals surface area contributed by atoms with E-state index in [0.29, 0.717) is 41.4 Å². The first-order valence-corrected chi connectivity index (χ1v) is 18.2. The first-order chi connectivity index (χ1) is 24.7. The van der Waals surface area contributed by atoms with E-state index in [-0.39, 0.29) is 40.1 Å². The van der Waals surface area contributed by atoms with Crippen molar-refractivity contribution in [2.24, 2.45) is 0 Å². The molecular formula is C34H32FN11O4S. The lowest BCUT2D eigenvalue weighted by Crippen LogP contribution is -2.51. The van der Waals surface area contributed by atoms with Crippen molar-refractivity contribution in [3.63, 3.8) is 0 Å². The molecule has 0 radical (unpaired) electrons. The molecular weight excluding hydrogens is 678 g/mol. The molecule has 2 aliphatic heterocycles. The maximum Gasteiger partial charge on any atom is 0.319 e. The Morgan fingerprint density at radius 2 is 1.78 bits per heavy atom. The van der Waals surface area contributed by atoms with Gasteiger partial charge in [-0.3, -0.25) is 14.9 Å². The number of piperazine rings is 1. The largest absolute Gasteiger partial charge is 0.453 e. The van der Waals surface area contributed by atoms with Gasteiger partial charge in [-0.2, -0.15) is 23.5 Å². The number of fused-ring (bicyclic) bond motifs is 4. The molecule has 1 saturated carbocycles. The van der Waals surface area contributed by atoms with Crippen LogP contribution in [0.15, 0.2) is 60.0 Å². The summed E-state index contributed by atoms with van der Waals surface area (Å²) in [7, 11) is -3.94. The van der Waals surface area contributed by atoms with Crippen LogP contribution in [-0.4, -0.2) is 85.4 Å². The molecule has 9 rings (SSSR count). The van der Waals surface area contributed by atoms with Gasteiger partial charge in [0.25, 0.3) is 15.9 Å². The van der Waals surface area contributed by atoms with Gasteiger partial charge < -0.3 is 20.3 Å². The number of aryl methyl sites for hydroxylation is 1. The number of anilines is 2. The maximum absolute atomic E-state index is 16.6. The minimum atomic E-state index is -3.94. The predicted molar refractivity (Wildman–Crippen MR) is 184 cm³/mol. The van der Waals surface area contributed by atoms with Crippen LogP contribution in [0.25, 0.3) is 33.1 Å². The van der Waals surface area contributed by atoms with Gasteiger partial charge >= 0.3 is 6.01 Å². The number of H-pyrrole nitrogens is 1. The Hall–Kier alpha value is -5.55. The van der Waals surface area contributed by atoms with Crippen LogP contribution >= 0.6 is 0 Å². The number of hydrogen-bond donors (Lipinski definition) is 3. The van der Waals surface area contributed by atoms with Gasteiger partial charge in [0.05, 0.1) is 22.0 Å². The lowest BCUT2D eigenvalue weighted by atomic mass is 10.00. The Balaban J connectivity index is 0.981. The van der Waals surface area contributed by atoms with Gasteiger partial charge in [-0.15, -0.1) is 9.19 Å². The molecule has 1 amide bonds. The van der Waals surface area contributed by atoms with Crippen LogP contribution < -0.4 is 20.3 Å². The topological polar surface area (TPSA) is 186 Å². The van der Waals surface area contributed by atoms with E-state index in [4.69, 9.17) is 4.74 Å². The Kier molecular flexibility index (Phi) is 7.43. The van der Waals surface area contributed by atoms with Gasteiger partial charge in [-0.1, -0.05) is 6.07 Å². The highest BCUT2D eigenvalue weighted by Gasteiger charge is 2.34. The van der Waals surface area contributed by atoms with E-state index < -0.39 is 28.4 Å². The van der Waals surface area contributed by atoms with E-state index in [1.165, 1.54) is 30.6 Å². The summed E-state index contributed by atoms with van der Waals surface area (Å²) in [5.74, 6) is 0.0424. The summed E-state index contributed by atoms with van der Waals surface area (Å²) in [5, 5.41) is 18.7. The van der Waals surface area contributed by atoms with Crippen LogP contribution in [-0.2, 0) is 14.8 Å². The zero-order valence-electron chi connectivity index (χ0n) is 27.4. The van der Waals surface area contributed by atoms with Crippen molar-refractivity contribution in [3.05, 3.63) is 72.3 Å². The fourth-order valence-electron chi connectivity index (χ4n) is 6.96.